The number of nitrogens with zero attached hydrogens (tertiary/aromatic N) is 1. The molecule has 0 atom stereocenters. The van der Waals surface area contributed by atoms with Gasteiger partial charge >= 0.3 is 0 Å². The molecule has 0 aliphatic carbocycles. The van der Waals surface area contributed by atoms with Gasteiger partial charge in [0.1, 0.15) is 23.1 Å². The normalized spacial score (nSPS) is 10.0. The Morgan fingerprint density at radius 1 is 1.43 bits per heavy atom. The van der Waals surface area contributed by atoms with Gasteiger partial charge in [-0.3, -0.25) is 4.79 Å². The number of halogens is 2. The van der Waals surface area contributed by atoms with Crippen molar-refractivity contribution in [3.63, 3.8) is 0 Å². The molecular weight excluding hydrogens is 361 g/mol. The van der Waals surface area contributed by atoms with Crippen LogP contribution in [0.5, 0.6) is 5.75 Å². The predicted molar refractivity (Wildman–Crippen MR) is 94.0 cm³/mol. The second kappa shape index (κ2) is 9.69. The molecule has 0 spiro atoms. The molecular formula is C14H17Cl2N3O3S. The summed E-state index contributed by atoms with van der Waals surface area (Å²) in [4.78, 5) is 16.2. The second-order valence-electron chi connectivity index (χ2n) is 4.27. The van der Waals surface area contributed by atoms with Crippen molar-refractivity contribution in [1.82, 2.24) is 4.98 Å². The number of nitrogens with two attached hydrogens (primary N) is 1. The van der Waals surface area contributed by atoms with Crippen LogP contribution in [0.1, 0.15) is 15.5 Å². The molecule has 9 heteroatoms. The van der Waals surface area contributed by atoms with Crippen molar-refractivity contribution < 1.29 is 14.3 Å². The molecule has 6 nitrogen and oxygen atoms in total. The third kappa shape index (κ3) is 5.63. The zero-order valence-electron chi connectivity index (χ0n) is 12.4. The van der Waals surface area contributed by atoms with Crippen LogP contribution in [0, 0.1) is 0 Å². The van der Waals surface area contributed by atoms with Gasteiger partial charge in [-0.2, -0.15) is 0 Å². The molecule has 1 amide bonds. The van der Waals surface area contributed by atoms with Gasteiger partial charge in [0, 0.05) is 24.7 Å². The van der Waals surface area contributed by atoms with Gasteiger partial charge in [0.2, 0.25) is 0 Å². The molecule has 0 radical (unpaired) electrons. The summed E-state index contributed by atoms with van der Waals surface area (Å²) < 4.78 is 10.3. The maximum atomic E-state index is 12.1. The van der Waals surface area contributed by atoms with Gasteiger partial charge in [-0.25, -0.2) is 4.98 Å². The van der Waals surface area contributed by atoms with Crippen LogP contribution in [0.25, 0.3) is 0 Å². The SMILES string of the molecule is COCCOc1ccc(NC(=O)c2csc(CN)n2)cc1Cl.Cl. The fraction of sp³-hybridized carbons (Fsp3) is 0.286. The van der Waals surface area contributed by atoms with Gasteiger partial charge in [0.25, 0.3) is 5.91 Å². The van der Waals surface area contributed by atoms with Crippen molar-refractivity contribution in [2.24, 2.45) is 5.73 Å². The first-order valence-electron chi connectivity index (χ1n) is 6.51. The summed E-state index contributed by atoms with van der Waals surface area (Å²) in [7, 11) is 1.60. The van der Waals surface area contributed by atoms with E-state index in [0.29, 0.717) is 46.9 Å². The average molecular weight is 378 g/mol. The maximum absolute atomic E-state index is 12.1. The number of ether oxygens (including phenoxy) is 2. The standard InChI is InChI=1S/C14H16ClN3O3S.ClH/c1-20-4-5-21-12-3-2-9(6-10(12)15)17-14(19)11-8-22-13(7-16)18-11;/h2-3,6,8H,4-5,7,16H2,1H3,(H,17,19);1H. The van der Waals surface area contributed by atoms with Gasteiger partial charge in [-0.05, 0) is 18.2 Å². The summed E-state index contributed by atoms with van der Waals surface area (Å²) in [5.41, 5.74) is 6.38. The fourth-order valence-electron chi connectivity index (χ4n) is 1.63. The number of thiazole rings is 1. The van der Waals surface area contributed by atoms with Crippen LogP contribution >= 0.6 is 35.3 Å². The quantitative estimate of drug-likeness (QED) is 0.724. The summed E-state index contributed by atoms with van der Waals surface area (Å²) in [6.45, 7) is 1.20. The lowest BCUT2D eigenvalue weighted by Crippen LogP contribution is -2.13. The topological polar surface area (TPSA) is 86.5 Å². The number of anilines is 1. The first kappa shape index (κ1) is 19.7. The predicted octanol–water partition coefficient (Wildman–Crippen LogP) is 2.95. The molecule has 0 aliphatic heterocycles. The number of rotatable bonds is 7. The Bertz CT molecular complexity index is 652. The Hall–Kier alpha value is -1.38. The van der Waals surface area contributed by atoms with Gasteiger partial charge in [0.15, 0.2) is 0 Å². The Morgan fingerprint density at radius 2 is 2.22 bits per heavy atom. The highest BCUT2D eigenvalue weighted by Gasteiger charge is 2.11. The average Bonchev–Trinajstić information content (AvgIpc) is 2.99. The molecule has 0 saturated heterocycles. The van der Waals surface area contributed by atoms with E-state index in [-0.39, 0.29) is 18.3 Å². The van der Waals surface area contributed by atoms with E-state index in [1.807, 2.05) is 0 Å². The van der Waals surface area contributed by atoms with Crippen LogP contribution in [0.2, 0.25) is 5.02 Å². The van der Waals surface area contributed by atoms with Crippen LogP contribution in [0.15, 0.2) is 23.6 Å². The number of aromatic nitrogens is 1. The number of benzene rings is 1. The van der Waals surface area contributed by atoms with E-state index in [1.165, 1.54) is 11.3 Å². The maximum Gasteiger partial charge on any atom is 0.275 e. The first-order chi connectivity index (χ1) is 10.6. The zero-order chi connectivity index (χ0) is 15.9. The van der Waals surface area contributed by atoms with E-state index >= 15 is 0 Å². The number of carbonyl (C=O) groups excluding carboxylic acids is 1. The van der Waals surface area contributed by atoms with E-state index in [0.717, 1.165) is 0 Å². The molecule has 0 fully saturated rings. The van der Waals surface area contributed by atoms with Crippen LogP contribution in [-0.4, -0.2) is 31.2 Å². The van der Waals surface area contributed by atoms with Crippen molar-refractivity contribution in [3.8, 4) is 5.75 Å². The number of methoxy groups -OCH3 is 1. The van der Waals surface area contributed by atoms with Crippen molar-refractivity contribution in [3.05, 3.63) is 39.3 Å². The number of hydrogen-bond donors (Lipinski definition) is 2. The summed E-state index contributed by atoms with van der Waals surface area (Å²) in [6.07, 6.45) is 0. The highest BCUT2D eigenvalue weighted by Crippen LogP contribution is 2.28. The van der Waals surface area contributed by atoms with Gasteiger partial charge in [-0.15, -0.1) is 23.7 Å². The van der Waals surface area contributed by atoms with E-state index in [4.69, 9.17) is 26.8 Å². The lowest BCUT2D eigenvalue weighted by atomic mass is 10.3. The third-order valence-corrected chi connectivity index (χ3v) is 3.86. The van der Waals surface area contributed by atoms with E-state index in [9.17, 15) is 4.79 Å². The molecule has 1 aromatic carbocycles. The molecule has 0 bridgehead atoms. The van der Waals surface area contributed by atoms with Crippen LogP contribution in [0.4, 0.5) is 5.69 Å². The van der Waals surface area contributed by atoms with Crippen LogP contribution in [-0.2, 0) is 11.3 Å². The first-order valence-corrected chi connectivity index (χ1v) is 7.77. The molecule has 0 unspecified atom stereocenters. The van der Waals surface area contributed by atoms with E-state index in [2.05, 4.69) is 10.3 Å². The summed E-state index contributed by atoms with van der Waals surface area (Å²) in [5.74, 6) is 0.232. The lowest BCUT2D eigenvalue weighted by molar-refractivity contribution is 0.102. The van der Waals surface area contributed by atoms with E-state index < -0.39 is 0 Å². The van der Waals surface area contributed by atoms with Crippen LogP contribution < -0.4 is 15.8 Å². The second-order valence-corrected chi connectivity index (χ2v) is 5.62. The highest BCUT2D eigenvalue weighted by molar-refractivity contribution is 7.09. The minimum atomic E-state index is -0.305. The minimum absolute atomic E-state index is 0. The number of nitrogens with one attached hydrogen (secondary N) is 1. The minimum Gasteiger partial charge on any atom is -0.490 e. The largest absolute Gasteiger partial charge is 0.490 e. The Balaban J connectivity index is 0.00000264. The molecule has 2 aromatic rings. The lowest BCUT2D eigenvalue weighted by Gasteiger charge is -2.09. The fourth-order valence-corrected chi connectivity index (χ4v) is 2.52. The Morgan fingerprint density at radius 3 is 2.83 bits per heavy atom. The molecule has 126 valence electrons. The molecule has 23 heavy (non-hydrogen) atoms. The van der Waals surface area contributed by atoms with Gasteiger partial charge in [-0.1, -0.05) is 11.6 Å². The van der Waals surface area contributed by atoms with Crippen molar-refractivity contribution >= 4 is 46.9 Å². The molecule has 2 rings (SSSR count). The van der Waals surface area contributed by atoms with Gasteiger partial charge < -0.3 is 20.5 Å². The summed E-state index contributed by atoms with van der Waals surface area (Å²) in [5, 5.41) is 5.52. The van der Waals surface area contributed by atoms with Crippen LogP contribution in [0.3, 0.4) is 0 Å². The number of amides is 1. The third-order valence-electron chi connectivity index (χ3n) is 2.69. The Labute approximate surface area is 149 Å². The number of carbonyl (C=O) groups is 1. The van der Waals surface area contributed by atoms with E-state index in [1.54, 1.807) is 30.7 Å². The molecule has 3 N–H and O–H groups in total. The van der Waals surface area contributed by atoms with Crippen molar-refractivity contribution in [1.29, 1.82) is 0 Å². The summed E-state index contributed by atoms with van der Waals surface area (Å²) >= 11 is 7.47. The summed E-state index contributed by atoms with van der Waals surface area (Å²) in [6, 6.07) is 5.03. The zero-order valence-corrected chi connectivity index (χ0v) is 14.8. The molecule has 1 heterocycles. The molecule has 0 saturated carbocycles. The van der Waals surface area contributed by atoms with Crippen molar-refractivity contribution in [2.45, 2.75) is 6.54 Å². The Kier molecular flexibility index (Phi) is 8.29. The van der Waals surface area contributed by atoms with Crippen molar-refractivity contribution in [2.75, 3.05) is 25.6 Å². The number of hydrogen-bond acceptors (Lipinski definition) is 6. The highest BCUT2D eigenvalue weighted by atomic mass is 35.5. The van der Waals surface area contributed by atoms with Gasteiger partial charge in [0.05, 0.1) is 11.6 Å². The molecule has 0 aliphatic rings. The monoisotopic (exact) mass is 377 g/mol. The smallest absolute Gasteiger partial charge is 0.275 e. The molecule has 1 aromatic heterocycles.